The van der Waals surface area contributed by atoms with Gasteiger partial charge in [-0.25, -0.2) is 0 Å². The molecule has 0 aliphatic heterocycles. The lowest BCUT2D eigenvalue weighted by Gasteiger charge is -2.31. The highest BCUT2D eigenvalue weighted by molar-refractivity contribution is 9.10. The number of unbranched alkanes of at least 4 members (excludes halogenated alkanes) is 1. The maximum atomic E-state index is 13.5. The number of amides is 2. The molecule has 0 saturated carbocycles. The Hall–Kier alpha value is -2.83. The van der Waals surface area contributed by atoms with E-state index in [-0.39, 0.29) is 18.4 Å². The Kier molecular flexibility index (Phi) is 10.6. The van der Waals surface area contributed by atoms with Crippen molar-refractivity contribution >= 4 is 39.3 Å². The Morgan fingerprint density at radius 1 is 1.00 bits per heavy atom. The SMILES string of the molecule is CCCCNC(=O)[C@@H](Cc1ccccc1)N(Cc1ccccc1)C(=O)COc1ccc(Cl)cc1Br. The first-order valence-corrected chi connectivity index (χ1v) is 12.9. The number of hydrogen-bond donors (Lipinski definition) is 1. The second kappa shape index (κ2) is 13.9. The summed E-state index contributed by atoms with van der Waals surface area (Å²) in [6.45, 7) is 2.73. The molecule has 1 N–H and O–H groups in total. The second-order valence-corrected chi connectivity index (χ2v) is 9.51. The molecule has 184 valence electrons. The standard InChI is InChI=1S/C28H30BrClN2O3/c1-2-3-16-31-28(34)25(17-21-10-6-4-7-11-21)32(19-22-12-8-5-9-13-22)27(33)20-35-26-15-14-23(30)18-24(26)29/h4-15,18,25H,2-3,16-17,19-20H2,1H3,(H,31,34)/t25-/m1/s1. The largest absolute Gasteiger partial charge is 0.483 e. The Balaban J connectivity index is 1.87. The maximum absolute atomic E-state index is 13.5. The second-order valence-electron chi connectivity index (χ2n) is 8.22. The minimum Gasteiger partial charge on any atom is -0.483 e. The van der Waals surface area contributed by atoms with Crippen LogP contribution < -0.4 is 10.1 Å². The van der Waals surface area contributed by atoms with E-state index < -0.39 is 6.04 Å². The number of ether oxygens (including phenoxy) is 1. The molecule has 5 nitrogen and oxygen atoms in total. The van der Waals surface area contributed by atoms with Gasteiger partial charge >= 0.3 is 0 Å². The molecule has 0 radical (unpaired) electrons. The number of hydrogen-bond acceptors (Lipinski definition) is 3. The molecule has 3 aromatic rings. The van der Waals surface area contributed by atoms with Gasteiger partial charge in [0.2, 0.25) is 5.91 Å². The Morgan fingerprint density at radius 3 is 2.29 bits per heavy atom. The van der Waals surface area contributed by atoms with Crippen LogP contribution in [0.15, 0.2) is 83.3 Å². The van der Waals surface area contributed by atoms with E-state index in [1.807, 2.05) is 60.7 Å². The number of carbonyl (C=O) groups is 2. The van der Waals surface area contributed by atoms with Gasteiger partial charge in [0.25, 0.3) is 5.91 Å². The van der Waals surface area contributed by atoms with Crippen LogP contribution in [0.2, 0.25) is 5.02 Å². The smallest absolute Gasteiger partial charge is 0.261 e. The van der Waals surface area contributed by atoms with Gasteiger partial charge in [0, 0.05) is 24.5 Å². The molecule has 7 heteroatoms. The fourth-order valence-electron chi connectivity index (χ4n) is 3.65. The number of nitrogens with one attached hydrogen (secondary N) is 1. The predicted octanol–water partition coefficient (Wildman–Crippen LogP) is 6.04. The third-order valence-corrected chi connectivity index (χ3v) is 6.40. The zero-order valence-corrected chi connectivity index (χ0v) is 22.1. The van der Waals surface area contributed by atoms with E-state index >= 15 is 0 Å². The van der Waals surface area contributed by atoms with E-state index in [9.17, 15) is 9.59 Å². The molecule has 3 rings (SSSR count). The monoisotopic (exact) mass is 556 g/mol. The highest BCUT2D eigenvalue weighted by Gasteiger charge is 2.30. The summed E-state index contributed by atoms with van der Waals surface area (Å²) in [5.41, 5.74) is 1.92. The maximum Gasteiger partial charge on any atom is 0.261 e. The van der Waals surface area contributed by atoms with Gasteiger partial charge in [-0.2, -0.15) is 0 Å². The molecular formula is C28H30BrClN2O3. The van der Waals surface area contributed by atoms with E-state index in [4.69, 9.17) is 16.3 Å². The molecule has 2 amide bonds. The molecular weight excluding hydrogens is 528 g/mol. The summed E-state index contributed by atoms with van der Waals surface area (Å²) in [5.74, 6) is 0.0657. The van der Waals surface area contributed by atoms with Crippen LogP contribution in [0.25, 0.3) is 0 Å². The van der Waals surface area contributed by atoms with Crippen molar-refractivity contribution in [2.24, 2.45) is 0 Å². The van der Waals surface area contributed by atoms with Gasteiger partial charge in [0.1, 0.15) is 11.8 Å². The van der Waals surface area contributed by atoms with E-state index in [1.165, 1.54) is 0 Å². The highest BCUT2D eigenvalue weighted by atomic mass is 79.9. The molecule has 0 fully saturated rings. The van der Waals surface area contributed by atoms with Crippen LogP contribution in [0.5, 0.6) is 5.75 Å². The summed E-state index contributed by atoms with van der Waals surface area (Å²) in [6, 6.07) is 23.9. The minimum atomic E-state index is -0.681. The first-order valence-electron chi connectivity index (χ1n) is 11.7. The molecule has 0 spiro atoms. The molecule has 1 atom stereocenters. The molecule has 3 aromatic carbocycles. The summed E-state index contributed by atoms with van der Waals surface area (Å²) in [7, 11) is 0. The van der Waals surface area contributed by atoms with Crippen LogP contribution in [0.3, 0.4) is 0 Å². The van der Waals surface area contributed by atoms with Crippen molar-refractivity contribution < 1.29 is 14.3 Å². The van der Waals surface area contributed by atoms with Crippen LogP contribution in [0.1, 0.15) is 30.9 Å². The highest BCUT2D eigenvalue weighted by Crippen LogP contribution is 2.28. The first kappa shape index (κ1) is 26.8. The normalized spacial score (nSPS) is 11.5. The molecule has 0 bridgehead atoms. The van der Waals surface area contributed by atoms with Crippen LogP contribution in [0, 0.1) is 0 Å². The third kappa shape index (κ3) is 8.41. The van der Waals surface area contributed by atoms with Gasteiger partial charge in [-0.15, -0.1) is 0 Å². The lowest BCUT2D eigenvalue weighted by atomic mass is 10.0. The number of nitrogens with zero attached hydrogens (tertiary/aromatic N) is 1. The molecule has 0 unspecified atom stereocenters. The van der Waals surface area contributed by atoms with Crippen molar-refractivity contribution in [1.82, 2.24) is 10.2 Å². The Morgan fingerprint density at radius 2 is 1.66 bits per heavy atom. The quantitative estimate of drug-likeness (QED) is 0.276. The van der Waals surface area contributed by atoms with Crippen LogP contribution in [-0.4, -0.2) is 35.9 Å². The van der Waals surface area contributed by atoms with Gasteiger partial charge in [0.15, 0.2) is 6.61 Å². The first-order chi connectivity index (χ1) is 17.0. The van der Waals surface area contributed by atoms with Gasteiger partial charge in [-0.05, 0) is 51.7 Å². The van der Waals surface area contributed by atoms with Gasteiger partial charge < -0.3 is 15.0 Å². The summed E-state index contributed by atoms with van der Waals surface area (Å²) >= 11 is 9.44. The minimum absolute atomic E-state index is 0.167. The lowest BCUT2D eigenvalue weighted by Crippen LogP contribution is -2.51. The molecule has 0 aliphatic carbocycles. The fraction of sp³-hybridized carbons (Fsp3) is 0.286. The van der Waals surface area contributed by atoms with Gasteiger partial charge in [-0.3, -0.25) is 9.59 Å². The van der Waals surface area contributed by atoms with Crippen molar-refractivity contribution in [2.75, 3.05) is 13.2 Å². The van der Waals surface area contributed by atoms with Crippen molar-refractivity contribution in [3.63, 3.8) is 0 Å². The summed E-state index contributed by atoms with van der Waals surface area (Å²) in [4.78, 5) is 28.5. The van der Waals surface area contributed by atoms with E-state index in [0.717, 1.165) is 24.0 Å². The van der Waals surface area contributed by atoms with Gasteiger partial charge in [0.05, 0.1) is 4.47 Å². The molecule has 35 heavy (non-hydrogen) atoms. The Labute approximate surface area is 220 Å². The van der Waals surface area contributed by atoms with E-state index in [2.05, 4.69) is 28.2 Å². The zero-order valence-electron chi connectivity index (χ0n) is 19.8. The van der Waals surface area contributed by atoms with Crippen LogP contribution in [-0.2, 0) is 22.6 Å². The van der Waals surface area contributed by atoms with E-state index in [0.29, 0.717) is 34.8 Å². The van der Waals surface area contributed by atoms with Crippen LogP contribution >= 0.6 is 27.5 Å². The topological polar surface area (TPSA) is 58.6 Å². The number of carbonyl (C=O) groups excluding carboxylic acids is 2. The molecule has 0 aromatic heterocycles. The van der Waals surface area contributed by atoms with Crippen LogP contribution in [0.4, 0.5) is 0 Å². The number of benzene rings is 3. The summed E-state index contributed by atoms with van der Waals surface area (Å²) in [5, 5.41) is 3.58. The number of rotatable bonds is 12. The molecule has 0 aliphatic rings. The summed E-state index contributed by atoms with van der Waals surface area (Å²) in [6.07, 6.45) is 2.26. The van der Waals surface area contributed by atoms with Crippen molar-refractivity contribution in [3.8, 4) is 5.75 Å². The molecule has 0 saturated heterocycles. The van der Waals surface area contributed by atoms with Crippen molar-refractivity contribution in [2.45, 2.75) is 38.8 Å². The summed E-state index contributed by atoms with van der Waals surface area (Å²) < 4.78 is 6.48. The van der Waals surface area contributed by atoms with Crippen molar-refractivity contribution in [1.29, 1.82) is 0 Å². The lowest BCUT2D eigenvalue weighted by molar-refractivity contribution is -0.142. The molecule has 0 heterocycles. The fourth-order valence-corrected chi connectivity index (χ4v) is 4.45. The third-order valence-electron chi connectivity index (χ3n) is 5.54. The number of halogens is 2. The van der Waals surface area contributed by atoms with E-state index in [1.54, 1.807) is 23.1 Å². The zero-order chi connectivity index (χ0) is 25.0. The average Bonchev–Trinajstić information content (AvgIpc) is 2.86. The Bertz CT molecular complexity index is 1100. The predicted molar refractivity (Wildman–Crippen MR) is 143 cm³/mol. The van der Waals surface area contributed by atoms with Gasteiger partial charge in [-0.1, -0.05) is 85.6 Å². The van der Waals surface area contributed by atoms with Crippen molar-refractivity contribution in [3.05, 3.63) is 99.5 Å². The average molecular weight is 558 g/mol.